The van der Waals surface area contributed by atoms with Crippen LogP contribution in [0.15, 0.2) is 24.3 Å². The van der Waals surface area contributed by atoms with Gasteiger partial charge in [0.2, 0.25) is 5.91 Å². The van der Waals surface area contributed by atoms with Gasteiger partial charge in [-0.3, -0.25) is 4.79 Å². The van der Waals surface area contributed by atoms with Crippen LogP contribution in [0.5, 0.6) is 0 Å². The first-order valence-electron chi connectivity index (χ1n) is 10.2. The molecule has 1 aromatic carbocycles. The lowest BCUT2D eigenvalue weighted by atomic mass is 9.86. The van der Waals surface area contributed by atoms with Crippen molar-refractivity contribution < 1.29 is 14.3 Å². The van der Waals surface area contributed by atoms with E-state index in [0.29, 0.717) is 30.7 Å². The number of rotatable bonds is 6. The summed E-state index contributed by atoms with van der Waals surface area (Å²) >= 11 is 5.87. The van der Waals surface area contributed by atoms with Gasteiger partial charge in [-0.05, 0) is 62.1 Å². The van der Waals surface area contributed by atoms with Crippen molar-refractivity contribution in [2.24, 2.45) is 11.8 Å². The zero-order valence-electron chi connectivity index (χ0n) is 16.2. The largest absolute Gasteiger partial charge is 0.381 e. The van der Waals surface area contributed by atoms with E-state index in [1.54, 1.807) is 0 Å². The lowest BCUT2D eigenvalue weighted by Gasteiger charge is -2.30. The minimum absolute atomic E-state index is 0.107. The second-order valence-electron chi connectivity index (χ2n) is 7.80. The molecule has 3 N–H and O–H groups in total. The first kappa shape index (κ1) is 20.9. The van der Waals surface area contributed by atoms with Crippen LogP contribution in [0.1, 0.15) is 44.1 Å². The Bertz CT molecular complexity index is 639. The van der Waals surface area contributed by atoms with Gasteiger partial charge >= 0.3 is 6.03 Å². The molecule has 7 heteroatoms. The van der Waals surface area contributed by atoms with Crippen molar-refractivity contribution in [1.82, 2.24) is 16.0 Å². The fourth-order valence-corrected chi connectivity index (χ4v) is 4.01. The molecule has 0 unspecified atom stereocenters. The van der Waals surface area contributed by atoms with E-state index in [-0.39, 0.29) is 23.9 Å². The first-order valence-corrected chi connectivity index (χ1v) is 10.6. The Morgan fingerprint density at radius 1 is 0.964 bits per heavy atom. The molecule has 1 heterocycles. The molecule has 154 valence electrons. The van der Waals surface area contributed by atoms with Crippen LogP contribution in [0, 0.1) is 11.8 Å². The fraction of sp³-hybridized carbons (Fsp3) is 0.619. The van der Waals surface area contributed by atoms with E-state index < -0.39 is 0 Å². The van der Waals surface area contributed by atoms with E-state index in [1.165, 1.54) is 0 Å². The van der Waals surface area contributed by atoms with Gasteiger partial charge in [0.15, 0.2) is 0 Å². The zero-order valence-corrected chi connectivity index (χ0v) is 17.0. The quantitative estimate of drug-likeness (QED) is 0.677. The molecule has 0 bridgehead atoms. The molecule has 0 spiro atoms. The van der Waals surface area contributed by atoms with Crippen LogP contribution in [0.25, 0.3) is 0 Å². The van der Waals surface area contributed by atoms with E-state index in [9.17, 15) is 9.59 Å². The van der Waals surface area contributed by atoms with Crippen molar-refractivity contribution in [3.63, 3.8) is 0 Å². The number of amides is 3. The smallest absolute Gasteiger partial charge is 0.315 e. The predicted octanol–water partition coefficient (Wildman–Crippen LogP) is 3.24. The molecule has 0 atom stereocenters. The highest BCUT2D eigenvalue weighted by molar-refractivity contribution is 6.30. The van der Waals surface area contributed by atoms with Gasteiger partial charge < -0.3 is 20.7 Å². The predicted molar refractivity (Wildman–Crippen MR) is 109 cm³/mol. The number of ether oxygens (including phenoxy) is 1. The average Bonchev–Trinajstić information content (AvgIpc) is 2.73. The van der Waals surface area contributed by atoms with E-state index in [4.69, 9.17) is 16.3 Å². The number of hydrogen-bond acceptors (Lipinski definition) is 3. The average molecular weight is 408 g/mol. The Kier molecular flexibility index (Phi) is 7.98. The molecule has 1 aromatic rings. The van der Waals surface area contributed by atoms with Crippen LogP contribution < -0.4 is 16.0 Å². The third-order valence-corrected chi connectivity index (χ3v) is 5.96. The van der Waals surface area contributed by atoms with Gasteiger partial charge in [-0.15, -0.1) is 0 Å². The van der Waals surface area contributed by atoms with Crippen molar-refractivity contribution in [2.45, 2.75) is 51.1 Å². The highest BCUT2D eigenvalue weighted by Gasteiger charge is 2.25. The molecule has 1 saturated carbocycles. The monoisotopic (exact) mass is 407 g/mol. The van der Waals surface area contributed by atoms with Gasteiger partial charge in [-0.1, -0.05) is 23.7 Å². The minimum atomic E-state index is -0.133. The van der Waals surface area contributed by atoms with E-state index >= 15 is 0 Å². The molecule has 0 radical (unpaired) electrons. The van der Waals surface area contributed by atoms with Gasteiger partial charge in [0.05, 0.1) is 0 Å². The fourth-order valence-electron chi connectivity index (χ4n) is 3.88. The van der Waals surface area contributed by atoms with Crippen LogP contribution in [0.4, 0.5) is 4.79 Å². The number of carbonyl (C=O) groups excluding carboxylic acids is 2. The summed E-state index contributed by atoms with van der Waals surface area (Å²) in [6.45, 7) is 2.60. The number of hydrogen-bond donors (Lipinski definition) is 3. The summed E-state index contributed by atoms with van der Waals surface area (Å²) in [4.78, 5) is 24.3. The molecule has 6 nitrogen and oxygen atoms in total. The maximum absolute atomic E-state index is 12.2. The van der Waals surface area contributed by atoms with Gasteiger partial charge in [0.25, 0.3) is 0 Å². The topological polar surface area (TPSA) is 79.5 Å². The van der Waals surface area contributed by atoms with E-state index in [0.717, 1.165) is 50.6 Å². The Morgan fingerprint density at radius 2 is 1.64 bits per heavy atom. The molecule has 3 amide bonds. The normalized spacial score (nSPS) is 23.0. The Morgan fingerprint density at radius 3 is 2.32 bits per heavy atom. The molecule has 28 heavy (non-hydrogen) atoms. The molecule has 0 aromatic heterocycles. The van der Waals surface area contributed by atoms with Gasteiger partial charge in [-0.2, -0.15) is 0 Å². The highest BCUT2D eigenvalue weighted by atomic mass is 35.5. The molecule has 1 saturated heterocycles. The number of carbonyl (C=O) groups is 2. The lowest BCUT2D eigenvalue weighted by molar-refractivity contribution is -0.128. The molecule has 1 aliphatic carbocycles. The Balaban J connectivity index is 1.29. The molecular formula is C21H30ClN3O3. The molecule has 1 aliphatic heterocycles. The number of benzene rings is 1. The maximum Gasteiger partial charge on any atom is 0.315 e. The van der Waals surface area contributed by atoms with Crippen molar-refractivity contribution in [3.05, 3.63) is 34.9 Å². The summed E-state index contributed by atoms with van der Waals surface area (Å²) in [5.41, 5.74) is 1.02. The standard InChI is InChI=1S/C21H30ClN3O3/c22-18-5-1-15(2-6-18)14-24-21(27)25-19-7-3-16(4-8-19)13-23-20(26)17-9-11-28-12-10-17/h1-2,5-6,16-17,19H,3-4,7-14H2,(H,23,26)(H2,24,25,27). The highest BCUT2D eigenvalue weighted by Crippen LogP contribution is 2.24. The molecule has 3 rings (SSSR count). The van der Waals surface area contributed by atoms with Crippen LogP contribution in [0.2, 0.25) is 5.02 Å². The van der Waals surface area contributed by atoms with Crippen LogP contribution in [-0.2, 0) is 16.1 Å². The van der Waals surface area contributed by atoms with Crippen LogP contribution in [-0.4, -0.2) is 37.7 Å². The van der Waals surface area contributed by atoms with Gasteiger partial charge in [0, 0.05) is 43.3 Å². The summed E-state index contributed by atoms with van der Waals surface area (Å²) in [5.74, 6) is 0.778. The summed E-state index contributed by atoms with van der Waals surface area (Å²) < 4.78 is 5.31. The number of nitrogens with one attached hydrogen (secondary N) is 3. The second-order valence-corrected chi connectivity index (χ2v) is 8.24. The third-order valence-electron chi connectivity index (χ3n) is 5.71. The Hall–Kier alpha value is -1.79. The summed E-state index contributed by atoms with van der Waals surface area (Å²) in [7, 11) is 0. The van der Waals surface area contributed by atoms with Crippen LogP contribution >= 0.6 is 11.6 Å². The molecule has 2 fully saturated rings. The molecule has 2 aliphatic rings. The van der Waals surface area contributed by atoms with Crippen molar-refractivity contribution >= 4 is 23.5 Å². The van der Waals surface area contributed by atoms with Gasteiger partial charge in [0.1, 0.15) is 0 Å². The second kappa shape index (κ2) is 10.7. The SMILES string of the molecule is O=C(NCc1ccc(Cl)cc1)NC1CCC(CNC(=O)C2CCOCC2)CC1. The minimum Gasteiger partial charge on any atom is -0.381 e. The summed E-state index contributed by atoms with van der Waals surface area (Å²) in [6, 6.07) is 7.51. The maximum atomic E-state index is 12.2. The third kappa shape index (κ3) is 6.67. The molecular weight excluding hydrogens is 378 g/mol. The number of urea groups is 1. The summed E-state index contributed by atoms with van der Waals surface area (Å²) in [5, 5.41) is 9.76. The van der Waals surface area contributed by atoms with E-state index in [2.05, 4.69) is 16.0 Å². The van der Waals surface area contributed by atoms with Gasteiger partial charge in [-0.25, -0.2) is 4.79 Å². The van der Waals surface area contributed by atoms with Crippen LogP contribution in [0.3, 0.4) is 0 Å². The first-order chi connectivity index (χ1) is 13.6. The summed E-state index contributed by atoms with van der Waals surface area (Å²) in [6.07, 6.45) is 5.60. The Labute approximate surface area is 171 Å². The van der Waals surface area contributed by atoms with E-state index in [1.807, 2.05) is 24.3 Å². The van der Waals surface area contributed by atoms with Crippen molar-refractivity contribution in [2.75, 3.05) is 19.8 Å². The van der Waals surface area contributed by atoms with Crippen molar-refractivity contribution in [1.29, 1.82) is 0 Å². The van der Waals surface area contributed by atoms with Crippen molar-refractivity contribution in [3.8, 4) is 0 Å². The number of halogens is 1. The lowest BCUT2D eigenvalue weighted by Crippen LogP contribution is -2.44. The zero-order chi connectivity index (χ0) is 19.8.